The minimum Gasteiger partial charge on any atom is -0.324 e. The zero-order valence-electron chi connectivity index (χ0n) is 9.41. The molecule has 0 amide bonds. The van der Waals surface area contributed by atoms with Crippen LogP contribution in [0.1, 0.15) is 13.3 Å². The van der Waals surface area contributed by atoms with Gasteiger partial charge in [0.15, 0.2) is 0 Å². The van der Waals surface area contributed by atoms with Gasteiger partial charge in [-0.1, -0.05) is 6.92 Å². The summed E-state index contributed by atoms with van der Waals surface area (Å²) in [4.78, 5) is 0. The van der Waals surface area contributed by atoms with Crippen molar-refractivity contribution in [2.45, 2.75) is 13.3 Å². The molecular formula is C9H22O2P2. The second kappa shape index (κ2) is 4.80. The van der Waals surface area contributed by atoms with Crippen molar-refractivity contribution in [2.75, 3.05) is 39.0 Å². The average Bonchev–Trinajstić information content (AvgIpc) is 1.78. The van der Waals surface area contributed by atoms with Crippen molar-refractivity contribution in [3.05, 3.63) is 0 Å². The van der Waals surface area contributed by atoms with E-state index in [1.54, 1.807) is 0 Å². The topological polar surface area (TPSA) is 34.1 Å². The normalized spacial score (nSPS) is 15.8. The first-order valence-electron chi connectivity index (χ1n) is 4.68. The van der Waals surface area contributed by atoms with E-state index in [1.165, 1.54) is 0 Å². The van der Waals surface area contributed by atoms with Crippen LogP contribution in [0.25, 0.3) is 0 Å². The largest absolute Gasteiger partial charge is 0.324 e. The van der Waals surface area contributed by atoms with Gasteiger partial charge in [-0.25, -0.2) is 0 Å². The first-order chi connectivity index (χ1) is 5.60. The van der Waals surface area contributed by atoms with Crippen LogP contribution in [0.2, 0.25) is 0 Å². The van der Waals surface area contributed by atoms with Gasteiger partial charge in [0.1, 0.15) is 0 Å². The van der Waals surface area contributed by atoms with Crippen molar-refractivity contribution < 1.29 is 9.13 Å². The lowest BCUT2D eigenvalue weighted by molar-refractivity contribution is 0.553. The van der Waals surface area contributed by atoms with Gasteiger partial charge in [-0.3, -0.25) is 0 Å². The second-order valence-electron chi connectivity index (χ2n) is 4.95. The first-order valence-corrected chi connectivity index (χ1v) is 10.3. The molecule has 2 nitrogen and oxygen atoms in total. The van der Waals surface area contributed by atoms with Crippen molar-refractivity contribution in [3.8, 4) is 0 Å². The monoisotopic (exact) mass is 224 g/mol. The highest BCUT2D eigenvalue weighted by Crippen LogP contribution is 2.42. The van der Waals surface area contributed by atoms with Crippen LogP contribution in [0.5, 0.6) is 0 Å². The standard InChI is InChI=1S/C9H22O2P2/c1-9(8-13(4,5)11)6-7-12(2,3)10/h9H,6-8H2,1-5H3/t9-/m1/s1. The summed E-state index contributed by atoms with van der Waals surface area (Å²) >= 11 is 0. The molecule has 0 unspecified atom stereocenters. The van der Waals surface area contributed by atoms with E-state index in [-0.39, 0.29) is 0 Å². The minimum atomic E-state index is -1.89. The number of rotatable bonds is 5. The van der Waals surface area contributed by atoms with E-state index in [0.29, 0.717) is 5.92 Å². The molecule has 0 aromatic carbocycles. The summed E-state index contributed by atoms with van der Waals surface area (Å²) in [6, 6.07) is 0. The van der Waals surface area contributed by atoms with Gasteiger partial charge < -0.3 is 9.13 Å². The molecule has 0 saturated carbocycles. The minimum absolute atomic E-state index is 0.439. The van der Waals surface area contributed by atoms with Gasteiger partial charge in [-0.2, -0.15) is 0 Å². The van der Waals surface area contributed by atoms with Gasteiger partial charge in [-0.15, -0.1) is 0 Å². The molecule has 4 heteroatoms. The Labute approximate surface area is 82.2 Å². The molecule has 0 rings (SSSR count). The Morgan fingerprint density at radius 2 is 1.46 bits per heavy atom. The fraction of sp³-hybridized carbons (Fsp3) is 1.00. The summed E-state index contributed by atoms with van der Waals surface area (Å²) in [6.07, 6.45) is 2.51. The van der Waals surface area contributed by atoms with Gasteiger partial charge in [0, 0.05) is 12.3 Å². The Morgan fingerprint density at radius 1 is 1.00 bits per heavy atom. The molecule has 1 atom stereocenters. The van der Waals surface area contributed by atoms with Crippen LogP contribution in [0.4, 0.5) is 0 Å². The van der Waals surface area contributed by atoms with Gasteiger partial charge in [0.05, 0.1) is 14.3 Å². The third-order valence-electron chi connectivity index (χ3n) is 1.91. The lowest BCUT2D eigenvalue weighted by Crippen LogP contribution is -2.04. The van der Waals surface area contributed by atoms with E-state index >= 15 is 0 Å². The zero-order valence-corrected chi connectivity index (χ0v) is 11.2. The van der Waals surface area contributed by atoms with Crippen LogP contribution in [-0.4, -0.2) is 39.0 Å². The molecule has 0 aromatic heterocycles. The Bertz CT molecular complexity index is 236. The van der Waals surface area contributed by atoms with Crippen LogP contribution >= 0.6 is 14.3 Å². The molecule has 0 radical (unpaired) electrons. The number of hydrogen-bond donors (Lipinski definition) is 0. The maximum atomic E-state index is 11.5. The SMILES string of the molecule is C[C@H](CCP(C)(C)=O)CP(C)(C)=O. The maximum Gasteiger partial charge on any atom is 0.0821 e. The Balaban J connectivity index is 3.84. The Hall–Kier alpha value is 0.460. The van der Waals surface area contributed by atoms with E-state index < -0.39 is 14.3 Å². The molecule has 0 fully saturated rings. The molecule has 0 saturated heterocycles. The molecule has 0 aliphatic heterocycles. The van der Waals surface area contributed by atoms with E-state index in [2.05, 4.69) is 6.92 Å². The van der Waals surface area contributed by atoms with Gasteiger partial charge in [0.25, 0.3) is 0 Å². The fourth-order valence-electron chi connectivity index (χ4n) is 1.37. The number of hydrogen-bond acceptors (Lipinski definition) is 2. The van der Waals surface area contributed by atoms with Crippen molar-refractivity contribution in [3.63, 3.8) is 0 Å². The van der Waals surface area contributed by atoms with E-state index in [9.17, 15) is 9.13 Å². The molecule has 0 aromatic rings. The van der Waals surface area contributed by atoms with E-state index in [0.717, 1.165) is 18.7 Å². The molecule has 0 spiro atoms. The molecule has 0 aliphatic rings. The first kappa shape index (κ1) is 13.5. The highest BCUT2D eigenvalue weighted by atomic mass is 31.2. The highest BCUT2D eigenvalue weighted by molar-refractivity contribution is 7.62. The highest BCUT2D eigenvalue weighted by Gasteiger charge is 2.15. The Kier molecular flexibility index (Phi) is 4.97. The van der Waals surface area contributed by atoms with Crippen molar-refractivity contribution in [1.82, 2.24) is 0 Å². The second-order valence-corrected chi connectivity index (χ2v) is 12.1. The molecular weight excluding hydrogens is 202 g/mol. The average molecular weight is 224 g/mol. The van der Waals surface area contributed by atoms with Crippen LogP contribution in [0.15, 0.2) is 0 Å². The van der Waals surface area contributed by atoms with Crippen molar-refractivity contribution >= 4 is 14.3 Å². The molecule has 0 aliphatic carbocycles. The lowest BCUT2D eigenvalue weighted by atomic mass is 10.2. The smallest absolute Gasteiger partial charge is 0.0821 e. The van der Waals surface area contributed by atoms with Crippen molar-refractivity contribution in [2.24, 2.45) is 5.92 Å². The third-order valence-corrected chi connectivity index (χ3v) is 4.75. The predicted molar refractivity (Wildman–Crippen MR) is 62.4 cm³/mol. The van der Waals surface area contributed by atoms with Gasteiger partial charge >= 0.3 is 0 Å². The fourth-order valence-corrected chi connectivity index (χ4v) is 4.12. The lowest BCUT2D eigenvalue weighted by Gasteiger charge is -2.15. The summed E-state index contributed by atoms with van der Waals surface area (Å²) in [5, 5.41) is 0. The van der Waals surface area contributed by atoms with Crippen LogP contribution in [-0.2, 0) is 9.13 Å². The van der Waals surface area contributed by atoms with Crippen LogP contribution < -0.4 is 0 Å². The van der Waals surface area contributed by atoms with E-state index in [1.807, 2.05) is 26.7 Å². The molecule has 80 valence electrons. The summed E-state index contributed by atoms with van der Waals surface area (Å²) in [5.41, 5.74) is 0. The van der Waals surface area contributed by atoms with Crippen LogP contribution in [0, 0.1) is 5.92 Å². The van der Waals surface area contributed by atoms with Gasteiger partial charge in [-0.05, 0) is 39.0 Å². The molecule has 13 heavy (non-hydrogen) atoms. The van der Waals surface area contributed by atoms with Crippen LogP contribution in [0.3, 0.4) is 0 Å². The Morgan fingerprint density at radius 3 is 1.77 bits per heavy atom. The zero-order chi connectivity index (χ0) is 10.7. The van der Waals surface area contributed by atoms with Crippen molar-refractivity contribution in [1.29, 1.82) is 0 Å². The third kappa shape index (κ3) is 10.4. The quantitative estimate of drug-likeness (QED) is 0.671. The summed E-state index contributed by atoms with van der Waals surface area (Å²) in [6.45, 7) is 9.37. The molecule has 0 heterocycles. The van der Waals surface area contributed by atoms with Gasteiger partial charge in [0.2, 0.25) is 0 Å². The maximum absolute atomic E-state index is 11.5. The summed E-state index contributed by atoms with van der Waals surface area (Å²) < 4.78 is 22.9. The van der Waals surface area contributed by atoms with E-state index in [4.69, 9.17) is 0 Å². The summed E-state index contributed by atoms with van der Waals surface area (Å²) in [5.74, 6) is 0.439. The summed E-state index contributed by atoms with van der Waals surface area (Å²) in [7, 11) is -3.77. The molecule has 0 bridgehead atoms. The predicted octanol–water partition coefficient (Wildman–Crippen LogP) is 3.26. The molecule has 0 N–H and O–H groups in total.